The number of hydrogen-bond donors (Lipinski definition) is 2. The van der Waals surface area contributed by atoms with E-state index in [1.807, 2.05) is 0 Å². The number of phosphoric ester groups is 1. The molecule has 2 heterocycles. The average Bonchev–Trinajstić information content (AvgIpc) is 3.52. The minimum absolute atomic E-state index is 0. The Morgan fingerprint density at radius 2 is 1.52 bits per heavy atom. The molecule has 3 unspecified atom stereocenters. The van der Waals surface area contributed by atoms with Gasteiger partial charge >= 0.3 is 43.1 Å². The quantitative estimate of drug-likeness (QED) is 0.0477. The second-order valence-corrected chi connectivity index (χ2v) is 15.9. The van der Waals surface area contributed by atoms with E-state index in [2.05, 4.69) is 37.5 Å². The molecule has 1 aliphatic heterocycles. The summed E-state index contributed by atoms with van der Waals surface area (Å²) in [5.41, 5.74) is -0.579. The van der Waals surface area contributed by atoms with Gasteiger partial charge in [0, 0.05) is 23.6 Å². The Labute approximate surface area is 316 Å². The zero-order valence-corrected chi connectivity index (χ0v) is 31.5. The third-order valence-electron chi connectivity index (χ3n) is 8.83. The summed E-state index contributed by atoms with van der Waals surface area (Å²) in [4.78, 5) is 36.2. The zero-order chi connectivity index (χ0) is 34.3. The number of unbranched alkanes of at least 4 members (excludes halogenated alkanes) is 13. The number of thioether (sulfide) groups is 1. The summed E-state index contributed by atoms with van der Waals surface area (Å²) in [6.07, 6.45) is 23.1. The van der Waals surface area contributed by atoms with Crippen molar-refractivity contribution in [3.63, 3.8) is 0 Å². The van der Waals surface area contributed by atoms with E-state index in [1.165, 1.54) is 113 Å². The molecule has 1 aliphatic rings. The first-order chi connectivity index (χ1) is 22.7. The van der Waals surface area contributed by atoms with Gasteiger partial charge in [0.1, 0.15) is 6.23 Å². The van der Waals surface area contributed by atoms with Gasteiger partial charge < -0.3 is 14.4 Å². The summed E-state index contributed by atoms with van der Waals surface area (Å²) in [5, 5.41) is 0.453. The van der Waals surface area contributed by atoms with Crippen molar-refractivity contribution >= 4 is 49.1 Å². The molecule has 276 valence electrons. The van der Waals surface area contributed by atoms with E-state index in [9.17, 15) is 19.0 Å². The number of ether oxygens (including phenoxy) is 2. The van der Waals surface area contributed by atoms with Crippen molar-refractivity contribution in [2.45, 2.75) is 173 Å². The fourth-order valence-electron chi connectivity index (χ4n) is 5.87. The van der Waals surface area contributed by atoms with Crippen molar-refractivity contribution in [2.24, 2.45) is 0 Å². The van der Waals surface area contributed by atoms with Gasteiger partial charge in [-0.25, -0.2) is 9.36 Å². The molecular formula is C35H66N2NaO8PS. The number of aromatic nitrogens is 2. The SMILES string of the molecule is CCCCCCCCCCCCSC(CCCCCCC)C(C)OCCCOP(=O)(O)OC[C@@H]1CC[C@H](n2cc(C)c(=O)[nH]c2=O)O1.[NaH]. The van der Waals surface area contributed by atoms with Gasteiger partial charge in [-0.2, -0.15) is 11.8 Å². The number of aromatic amines is 1. The molecule has 1 aromatic heterocycles. The van der Waals surface area contributed by atoms with Crippen LogP contribution in [0, 0.1) is 6.92 Å². The van der Waals surface area contributed by atoms with Crippen LogP contribution in [0.3, 0.4) is 0 Å². The van der Waals surface area contributed by atoms with Gasteiger partial charge in [-0.15, -0.1) is 0 Å². The number of nitrogens with one attached hydrogen (secondary N) is 1. The van der Waals surface area contributed by atoms with Crippen LogP contribution in [0.15, 0.2) is 15.8 Å². The van der Waals surface area contributed by atoms with E-state index in [-0.39, 0.29) is 48.9 Å². The first-order valence-electron chi connectivity index (χ1n) is 18.5. The normalized spacial score (nSPS) is 18.8. The van der Waals surface area contributed by atoms with Gasteiger partial charge in [0.25, 0.3) is 5.56 Å². The molecule has 2 N–H and O–H groups in total. The monoisotopic (exact) mass is 728 g/mol. The number of rotatable bonds is 29. The molecular weight excluding hydrogens is 662 g/mol. The fraction of sp³-hybridized carbons (Fsp3) is 0.886. The number of aryl methyl sites for hydroxylation is 1. The van der Waals surface area contributed by atoms with E-state index >= 15 is 0 Å². The van der Waals surface area contributed by atoms with Crippen LogP contribution in [0.25, 0.3) is 0 Å². The third-order valence-corrected chi connectivity index (χ3v) is 11.4. The van der Waals surface area contributed by atoms with Crippen LogP contribution < -0.4 is 11.2 Å². The van der Waals surface area contributed by atoms with Gasteiger partial charge in [-0.1, -0.05) is 104 Å². The van der Waals surface area contributed by atoms with Gasteiger partial charge in [0.2, 0.25) is 0 Å². The van der Waals surface area contributed by atoms with Gasteiger partial charge in [0.05, 0.1) is 25.4 Å². The first kappa shape index (κ1) is 46.1. The number of hydrogen-bond acceptors (Lipinski definition) is 8. The predicted molar refractivity (Wildman–Crippen MR) is 200 cm³/mol. The Morgan fingerprint density at radius 3 is 2.17 bits per heavy atom. The summed E-state index contributed by atoms with van der Waals surface area (Å²) in [7, 11) is -4.26. The number of H-pyrrole nitrogens is 1. The Balaban J connectivity index is 0.0000115. The molecule has 0 radical (unpaired) electrons. The second-order valence-electron chi connectivity index (χ2n) is 13.1. The Morgan fingerprint density at radius 1 is 0.917 bits per heavy atom. The zero-order valence-electron chi connectivity index (χ0n) is 29.8. The number of phosphoric acid groups is 1. The molecule has 1 fully saturated rings. The minimum atomic E-state index is -4.26. The molecule has 0 aliphatic carbocycles. The second kappa shape index (κ2) is 27.7. The van der Waals surface area contributed by atoms with E-state index in [1.54, 1.807) is 6.92 Å². The molecule has 0 amide bonds. The van der Waals surface area contributed by atoms with Crippen LogP contribution in [0.2, 0.25) is 0 Å². The van der Waals surface area contributed by atoms with Crippen LogP contribution in [0.5, 0.6) is 0 Å². The maximum absolute atomic E-state index is 12.5. The van der Waals surface area contributed by atoms with Crippen LogP contribution in [-0.2, 0) is 23.1 Å². The Hall–Kier alpha value is 0.0600. The first-order valence-corrected chi connectivity index (χ1v) is 21.0. The summed E-state index contributed by atoms with van der Waals surface area (Å²) in [6, 6.07) is 0. The predicted octanol–water partition coefficient (Wildman–Crippen LogP) is 8.19. The Kier molecular flexibility index (Phi) is 26.6. The maximum atomic E-state index is 12.5. The molecule has 1 aromatic rings. The molecule has 1 saturated heterocycles. The van der Waals surface area contributed by atoms with Gasteiger partial charge in [-0.3, -0.25) is 23.4 Å². The van der Waals surface area contributed by atoms with Crippen molar-refractivity contribution in [3.8, 4) is 0 Å². The van der Waals surface area contributed by atoms with Crippen molar-refractivity contribution in [1.82, 2.24) is 9.55 Å². The van der Waals surface area contributed by atoms with Gasteiger partial charge in [0.15, 0.2) is 0 Å². The van der Waals surface area contributed by atoms with Crippen molar-refractivity contribution in [3.05, 3.63) is 32.6 Å². The van der Waals surface area contributed by atoms with Crippen molar-refractivity contribution in [2.75, 3.05) is 25.6 Å². The summed E-state index contributed by atoms with van der Waals surface area (Å²) in [6.45, 7) is 8.65. The van der Waals surface area contributed by atoms with Gasteiger partial charge in [-0.05, 0) is 51.7 Å². The molecule has 13 heteroatoms. The molecule has 0 aromatic carbocycles. The van der Waals surface area contributed by atoms with E-state index in [0.29, 0.717) is 36.7 Å². The fourth-order valence-corrected chi connectivity index (χ4v) is 8.02. The standard InChI is InChI=1S/C35H65N2O8PS.Na.H/c1-5-7-9-11-12-13-14-15-17-19-26-47-32(21-18-16-10-8-6-2)30(4)42-24-20-25-43-46(40,41)44-28-31-22-23-33(45-31)37-27-29(3)34(38)36-35(37)39;;/h27,30-33H,5-26,28H2,1-4H3,(H,40,41)(H,36,38,39);;/t30?,31-,32?,33+;;/m0../s1. The van der Waals surface area contributed by atoms with Crippen LogP contribution >= 0.6 is 19.6 Å². The Bertz CT molecular complexity index is 1120. The number of nitrogens with zero attached hydrogens (tertiary/aromatic N) is 1. The topological polar surface area (TPSA) is 129 Å². The van der Waals surface area contributed by atoms with Crippen molar-refractivity contribution < 1.29 is 28.0 Å². The van der Waals surface area contributed by atoms with Crippen LogP contribution in [-0.4, -0.2) is 87.0 Å². The average molecular weight is 729 g/mol. The van der Waals surface area contributed by atoms with Crippen LogP contribution in [0.1, 0.15) is 155 Å². The molecule has 0 bridgehead atoms. The summed E-state index contributed by atoms with van der Waals surface area (Å²) < 4.78 is 36.2. The summed E-state index contributed by atoms with van der Waals surface area (Å²) in [5.74, 6) is 1.17. The van der Waals surface area contributed by atoms with Crippen LogP contribution in [0.4, 0.5) is 0 Å². The molecule has 10 nitrogen and oxygen atoms in total. The third kappa shape index (κ3) is 20.2. The van der Waals surface area contributed by atoms with E-state index in [0.717, 1.165) is 6.42 Å². The summed E-state index contributed by atoms with van der Waals surface area (Å²) >= 11 is 2.05. The molecule has 48 heavy (non-hydrogen) atoms. The van der Waals surface area contributed by atoms with E-state index in [4.69, 9.17) is 18.5 Å². The molecule has 5 atom stereocenters. The van der Waals surface area contributed by atoms with Crippen molar-refractivity contribution in [1.29, 1.82) is 0 Å². The molecule has 0 spiro atoms. The molecule has 2 rings (SSSR count). The molecule has 0 saturated carbocycles. The van der Waals surface area contributed by atoms with E-state index < -0.39 is 31.4 Å².